The summed E-state index contributed by atoms with van der Waals surface area (Å²) in [5.41, 5.74) is 0.877. The Kier molecular flexibility index (Phi) is 3.53. The van der Waals surface area contributed by atoms with Crippen LogP contribution in [-0.2, 0) is 13.0 Å². The first-order chi connectivity index (χ1) is 11.5. The molecule has 7 heteroatoms. The van der Waals surface area contributed by atoms with Crippen molar-refractivity contribution in [2.24, 2.45) is 0 Å². The average molecular weight is 327 g/mol. The van der Waals surface area contributed by atoms with Gasteiger partial charge in [0.05, 0.1) is 12.1 Å². The number of aromatic nitrogens is 3. The van der Waals surface area contributed by atoms with Crippen molar-refractivity contribution in [3.8, 4) is 11.4 Å². The maximum Gasteiger partial charge on any atom is 0.321 e. The molecular formula is C17H21N5O2. The number of carbonyl (C=O) groups excluding carboxylic acids is 1. The Morgan fingerprint density at radius 3 is 3.00 bits per heavy atom. The Balaban J connectivity index is 1.52. The molecule has 1 aromatic heterocycles. The monoisotopic (exact) mass is 327 g/mol. The Hall–Kier alpha value is -2.41. The lowest BCUT2D eigenvalue weighted by Gasteiger charge is -2.19. The van der Waals surface area contributed by atoms with Crippen LogP contribution in [0.4, 0.5) is 10.5 Å². The van der Waals surface area contributed by atoms with Gasteiger partial charge in [0.1, 0.15) is 5.82 Å². The van der Waals surface area contributed by atoms with E-state index in [4.69, 9.17) is 0 Å². The number of benzene rings is 1. The van der Waals surface area contributed by atoms with E-state index in [0.717, 1.165) is 42.3 Å². The second kappa shape index (κ2) is 5.59. The zero-order valence-electron chi connectivity index (χ0n) is 13.7. The molecule has 3 heterocycles. The second-order valence-electron chi connectivity index (χ2n) is 6.87. The van der Waals surface area contributed by atoms with E-state index in [1.165, 1.54) is 0 Å². The molecule has 1 fully saturated rings. The first kappa shape index (κ1) is 15.1. The third-order valence-corrected chi connectivity index (χ3v) is 4.72. The summed E-state index contributed by atoms with van der Waals surface area (Å²) in [6.07, 6.45) is 2.67. The number of nitrogens with zero attached hydrogens (tertiary/aromatic N) is 4. The van der Waals surface area contributed by atoms with E-state index in [0.29, 0.717) is 19.5 Å². The fourth-order valence-electron chi connectivity index (χ4n) is 3.42. The number of nitrogens with one attached hydrogen (secondary N) is 1. The van der Waals surface area contributed by atoms with Gasteiger partial charge >= 0.3 is 6.03 Å². The molecule has 2 N–H and O–H groups in total. The SMILES string of the molecule is CC1(O)CCN(C(=O)Nc2cccc(-c3nnc4n3CCC4)c2)C1. The molecule has 1 atom stereocenters. The van der Waals surface area contributed by atoms with Crippen molar-refractivity contribution in [3.63, 3.8) is 0 Å². The lowest BCUT2D eigenvalue weighted by Crippen LogP contribution is -2.36. The van der Waals surface area contributed by atoms with Crippen LogP contribution in [-0.4, -0.2) is 49.5 Å². The summed E-state index contributed by atoms with van der Waals surface area (Å²) in [7, 11) is 0. The standard InChI is InChI=1S/C17H21N5O2/c1-17(24)7-9-21(11-17)16(23)18-13-5-2-4-12(10-13)15-20-19-14-6-3-8-22(14)15/h2,4-5,10,24H,3,6-9,11H2,1H3,(H,18,23). The molecule has 1 unspecified atom stereocenters. The maximum absolute atomic E-state index is 12.4. The van der Waals surface area contributed by atoms with Crippen LogP contribution in [0.3, 0.4) is 0 Å². The van der Waals surface area contributed by atoms with Gasteiger partial charge in [-0.2, -0.15) is 0 Å². The average Bonchev–Trinajstić information content (AvgIpc) is 3.22. The molecule has 2 aliphatic heterocycles. The van der Waals surface area contributed by atoms with Crippen LogP contribution in [0.1, 0.15) is 25.6 Å². The summed E-state index contributed by atoms with van der Waals surface area (Å²) in [6.45, 7) is 3.62. The Morgan fingerprint density at radius 2 is 2.21 bits per heavy atom. The summed E-state index contributed by atoms with van der Waals surface area (Å²) in [5.74, 6) is 1.88. The van der Waals surface area contributed by atoms with Crippen LogP contribution >= 0.6 is 0 Å². The number of urea groups is 1. The van der Waals surface area contributed by atoms with Gasteiger partial charge in [-0.15, -0.1) is 10.2 Å². The van der Waals surface area contributed by atoms with Gasteiger partial charge < -0.3 is 19.9 Å². The van der Waals surface area contributed by atoms with Gasteiger partial charge in [0, 0.05) is 30.8 Å². The molecule has 24 heavy (non-hydrogen) atoms. The molecule has 0 spiro atoms. The van der Waals surface area contributed by atoms with Crippen molar-refractivity contribution in [1.82, 2.24) is 19.7 Å². The van der Waals surface area contributed by atoms with E-state index in [1.807, 2.05) is 24.3 Å². The fraction of sp³-hybridized carbons (Fsp3) is 0.471. The molecule has 0 radical (unpaired) electrons. The zero-order chi connectivity index (χ0) is 16.7. The molecule has 0 bridgehead atoms. The van der Waals surface area contributed by atoms with Crippen LogP contribution in [0, 0.1) is 0 Å². The molecule has 1 saturated heterocycles. The minimum absolute atomic E-state index is 0.184. The lowest BCUT2D eigenvalue weighted by atomic mass is 10.1. The quantitative estimate of drug-likeness (QED) is 0.882. The van der Waals surface area contributed by atoms with E-state index < -0.39 is 5.60 Å². The minimum Gasteiger partial charge on any atom is -0.388 e. The molecule has 7 nitrogen and oxygen atoms in total. The van der Waals surface area contributed by atoms with E-state index in [1.54, 1.807) is 11.8 Å². The van der Waals surface area contributed by atoms with Crippen molar-refractivity contribution in [2.45, 2.75) is 38.3 Å². The van der Waals surface area contributed by atoms with Gasteiger partial charge in [-0.3, -0.25) is 0 Å². The van der Waals surface area contributed by atoms with Crippen LogP contribution in [0.2, 0.25) is 0 Å². The van der Waals surface area contributed by atoms with Crippen molar-refractivity contribution in [3.05, 3.63) is 30.1 Å². The predicted molar refractivity (Wildman–Crippen MR) is 89.6 cm³/mol. The Labute approximate surface area is 140 Å². The smallest absolute Gasteiger partial charge is 0.321 e. The number of carbonyl (C=O) groups is 1. The summed E-state index contributed by atoms with van der Waals surface area (Å²) in [6, 6.07) is 7.48. The number of aliphatic hydroxyl groups is 1. The number of likely N-dealkylation sites (tertiary alicyclic amines) is 1. The van der Waals surface area contributed by atoms with Crippen LogP contribution in [0.5, 0.6) is 0 Å². The molecule has 1 aromatic carbocycles. The van der Waals surface area contributed by atoms with Crippen molar-refractivity contribution >= 4 is 11.7 Å². The number of hydrogen-bond donors (Lipinski definition) is 2. The van der Waals surface area contributed by atoms with E-state index in [9.17, 15) is 9.90 Å². The molecule has 2 amide bonds. The first-order valence-electron chi connectivity index (χ1n) is 8.33. The fourth-order valence-corrected chi connectivity index (χ4v) is 3.42. The molecule has 2 aliphatic rings. The van der Waals surface area contributed by atoms with E-state index in [-0.39, 0.29) is 6.03 Å². The van der Waals surface area contributed by atoms with Gasteiger partial charge in [0.2, 0.25) is 0 Å². The van der Waals surface area contributed by atoms with Crippen molar-refractivity contribution in [2.75, 3.05) is 18.4 Å². The largest absolute Gasteiger partial charge is 0.388 e. The normalized spacial score (nSPS) is 22.7. The number of fused-ring (bicyclic) bond motifs is 1. The summed E-state index contributed by atoms with van der Waals surface area (Å²) >= 11 is 0. The van der Waals surface area contributed by atoms with Crippen molar-refractivity contribution in [1.29, 1.82) is 0 Å². The first-order valence-corrected chi connectivity index (χ1v) is 8.33. The highest BCUT2D eigenvalue weighted by atomic mass is 16.3. The zero-order valence-corrected chi connectivity index (χ0v) is 13.7. The number of β-amino-alcohol motifs (C(OH)–C–C–N with tert-alkyl or cyclic N) is 1. The van der Waals surface area contributed by atoms with E-state index in [2.05, 4.69) is 20.1 Å². The maximum atomic E-state index is 12.4. The van der Waals surface area contributed by atoms with E-state index >= 15 is 0 Å². The number of rotatable bonds is 2. The highest BCUT2D eigenvalue weighted by Crippen LogP contribution is 2.26. The molecular weight excluding hydrogens is 306 g/mol. The number of aryl methyl sites for hydroxylation is 1. The van der Waals surface area contributed by atoms with Gasteiger partial charge in [0.15, 0.2) is 5.82 Å². The molecule has 0 aliphatic carbocycles. The highest BCUT2D eigenvalue weighted by molar-refractivity contribution is 5.90. The molecule has 2 aromatic rings. The van der Waals surface area contributed by atoms with Crippen molar-refractivity contribution < 1.29 is 9.90 Å². The number of hydrogen-bond acceptors (Lipinski definition) is 4. The molecule has 126 valence electrons. The Bertz CT molecular complexity index is 783. The summed E-state index contributed by atoms with van der Waals surface area (Å²) in [5, 5.41) is 21.4. The Morgan fingerprint density at radius 1 is 1.33 bits per heavy atom. The van der Waals surface area contributed by atoms with Crippen LogP contribution in [0.25, 0.3) is 11.4 Å². The van der Waals surface area contributed by atoms with Gasteiger partial charge in [-0.1, -0.05) is 12.1 Å². The summed E-state index contributed by atoms with van der Waals surface area (Å²) < 4.78 is 2.14. The summed E-state index contributed by atoms with van der Waals surface area (Å²) in [4.78, 5) is 14.0. The second-order valence-corrected chi connectivity index (χ2v) is 6.87. The van der Waals surface area contributed by atoms with Gasteiger partial charge in [0.25, 0.3) is 0 Å². The van der Waals surface area contributed by atoms with Crippen LogP contribution < -0.4 is 5.32 Å². The van der Waals surface area contributed by atoms with Gasteiger partial charge in [-0.05, 0) is 31.9 Å². The molecule has 4 rings (SSSR count). The third-order valence-electron chi connectivity index (χ3n) is 4.72. The third kappa shape index (κ3) is 2.75. The molecule has 0 saturated carbocycles. The number of amides is 2. The minimum atomic E-state index is -0.790. The van der Waals surface area contributed by atoms with Gasteiger partial charge in [-0.25, -0.2) is 4.79 Å². The highest BCUT2D eigenvalue weighted by Gasteiger charge is 2.34. The lowest BCUT2D eigenvalue weighted by molar-refractivity contribution is 0.0727. The topological polar surface area (TPSA) is 83.3 Å². The number of anilines is 1. The van der Waals surface area contributed by atoms with Crippen LogP contribution in [0.15, 0.2) is 24.3 Å². The predicted octanol–water partition coefficient (Wildman–Crippen LogP) is 1.88.